The Hall–Kier alpha value is -1.06. The van der Waals surface area contributed by atoms with Crippen molar-refractivity contribution >= 4 is 0 Å². The summed E-state index contributed by atoms with van der Waals surface area (Å²) in [5.41, 5.74) is 7.48. The maximum Gasteiger partial charge on any atom is 0.123 e. The molecular weight excluding hydrogens is 226 g/mol. The van der Waals surface area contributed by atoms with Gasteiger partial charge in [0.1, 0.15) is 5.75 Å². The first kappa shape index (κ1) is 12.0. The zero-order chi connectivity index (χ0) is 12.4. The molecule has 3 rings (SSSR count). The number of hydrogen-bond donors (Lipinski definition) is 1. The lowest BCUT2D eigenvalue weighted by Gasteiger charge is -2.24. The van der Waals surface area contributed by atoms with Gasteiger partial charge in [-0.1, -0.05) is 31.0 Å². The molecule has 18 heavy (non-hydrogen) atoms. The molecule has 1 saturated carbocycles. The predicted octanol–water partition coefficient (Wildman–Crippen LogP) is 2.45. The minimum atomic E-state index is -0.0705. The van der Waals surface area contributed by atoms with Crippen LogP contribution in [0.2, 0.25) is 0 Å². The number of hydrogen-bond acceptors (Lipinski definition) is 3. The molecule has 1 unspecified atom stereocenters. The molecule has 0 radical (unpaired) electrons. The van der Waals surface area contributed by atoms with Gasteiger partial charge in [-0.15, -0.1) is 0 Å². The first-order valence-electron chi connectivity index (χ1n) is 6.85. The molecule has 98 valence electrons. The average Bonchev–Trinajstić information content (AvgIpc) is 2.97. The number of rotatable bonds is 4. The fourth-order valence-electron chi connectivity index (χ4n) is 3.00. The fraction of sp³-hybridized carbons (Fsp3) is 0.600. The van der Waals surface area contributed by atoms with Gasteiger partial charge in [0.05, 0.1) is 19.8 Å². The van der Waals surface area contributed by atoms with E-state index in [2.05, 4.69) is 12.1 Å². The van der Waals surface area contributed by atoms with Crippen molar-refractivity contribution < 1.29 is 9.47 Å². The van der Waals surface area contributed by atoms with Crippen molar-refractivity contribution in [3.05, 3.63) is 29.8 Å². The van der Waals surface area contributed by atoms with Gasteiger partial charge in [0, 0.05) is 17.0 Å². The zero-order valence-corrected chi connectivity index (χ0v) is 10.7. The Morgan fingerprint density at radius 3 is 2.89 bits per heavy atom. The monoisotopic (exact) mass is 247 g/mol. The smallest absolute Gasteiger partial charge is 0.123 e. The van der Waals surface area contributed by atoms with Crippen LogP contribution in [0.5, 0.6) is 5.75 Å². The number of benzene rings is 1. The summed E-state index contributed by atoms with van der Waals surface area (Å²) in [5, 5.41) is 0. The van der Waals surface area contributed by atoms with E-state index in [1.807, 2.05) is 12.1 Å². The van der Waals surface area contributed by atoms with Crippen LogP contribution < -0.4 is 10.5 Å². The van der Waals surface area contributed by atoms with Crippen molar-refractivity contribution in [1.29, 1.82) is 0 Å². The quantitative estimate of drug-likeness (QED) is 0.889. The summed E-state index contributed by atoms with van der Waals surface area (Å²) in [6, 6.07) is 8.22. The van der Waals surface area contributed by atoms with E-state index >= 15 is 0 Å². The average molecular weight is 247 g/mol. The molecular formula is C15H21NO2. The van der Waals surface area contributed by atoms with Gasteiger partial charge in [-0.25, -0.2) is 0 Å². The highest BCUT2D eigenvalue weighted by Crippen LogP contribution is 2.34. The van der Waals surface area contributed by atoms with Crippen molar-refractivity contribution in [3.8, 4) is 5.75 Å². The van der Waals surface area contributed by atoms with Gasteiger partial charge in [0.25, 0.3) is 0 Å². The van der Waals surface area contributed by atoms with Crippen LogP contribution in [0.1, 0.15) is 37.2 Å². The molecule has 3 heteroatoms. The topological polar surface area (TPSA) is 44.5 Å². The Bertz CT molecular complexity index is 413. The molecule has 1 atom stereocenters. The number of fused-ring (bicyclic) bond motifs is 1. The van der Waals surface area contributed by atoms with Crippen molar-refractivity contribution in [2.75, 3.05) is 19.8 Å². The molecule has 1 aromatic rings. The van der Waals surface area contributed by atoms with E-state index in [-0.39, 0.29) is 5.54 Å². The second-order valence-electron chi connectivity index (χ2n) is 5.63. The van der Waals surface area contributed by atoms with E-state index < -0.39 is 0 Å². The summed E-state index contributed by atoms with van der Waals surface area (Å²) in [6.45, 7) is 2.14. The van der Waals surface area contributed by atoms with Crippen LogP contribution in [0.3, 0.4) is 0 Å². The molecule has 1 aliphatic carbocycles. The normalized spacial score (nSPS) is 24.8. The summed E-state index contributed by atoms with van der Waals surface area (Å²) >= 11 is 0. The summed E-state index contributed by atoms with van der Waals surface area (Å²) in [5.74, 6) is 1.38. The van der Waals surface area contributed by atoms with Crippen LogP contribution >= 0.6 is 0 Å². The maximum atomic E-state index is 6.28. The SMILES string of the molecule is NC1(COCC2COc3ccccc32)CCCC1. The first-order chi connectivity index (χ1) is 8.77. The highest BCUT2D eigenvalue weighted by atomic mass is 16.5. The third-order valence-corrected chi connectivity index (χ3v) is 4.11. The van der Waals surface area contributed by atoms with Crippen molar-refractivity contribution in [1.82, 2.24) is 0 Å². The second-order valence-corrected chi connectivity index (χ2v) is 5.63. The molecule has 1 fully saturated rings. The predicted molar refractivity (Wildman–Crippen MR) is 70.9 cm³/mol. The van der Waals surface area contributed by atoms with Crippen molar-refractivity contribution in [2.24, 2.45) is 5.73 Å². The third kappa shape index (κ3) is 2.38. The van der Waals surface area contributed by atoms with Crippen LogP contribution in [-0.2, 0) is 4.74 Å². The maximum absolute atomic E-state index is 6.28. The molecule has 1 aliphatic heterocycles. The Labute approximate surface area is 108 Å². The van der Waals surface area contributed by atoms with E-state index in [1.54, 1.807) is 0 Å². The van der Waals surface area contributed by atoms with Crippen molar-refractivity contribution in [2.45, 2.75) is 37.1 Å². The summed E-state index contributed by atoms with van der Waals surface area (Å²) in [4.78, 5) is 0. The molecule has 0 saturated heterocycles. The molecule has 0 aromatic heterocycles. The zero-order valence-electron chi connectivity index (χ0n) is 10.7. The van der Waals surface area contributed by atoms with E-state index in [9.17, 15) is 0 Å². The molecule has 2 aliphatic rings. The van der Waals surface area contributed by atoms with Crippen LogP contribution in [0.25, 0.3) is 0 Å². The highest BCUT2D eigenvalue weighted by molar-refractivity contribution is 5.39. The van der Waals surface area contributed by atoms with Gasteiger partial charge < -0.3 is 15.2 Å². The van der Waals surface area contributed by atoms with E-state index in [1.165, 1.54) is 18.4 Å². The molecule has 0 spiro atoms. The van der Waals surface area contributed by atoms with Crippen molar-refractivity contribution in [3.63, 3.8) is 0 Å². The van der Waals surface area contributed by atoms with E-state index in [4.69, 9.17) is 15.2 Å². The van der Waals surface area contributed by atoms with Crippen LogP contribution in [-0.4, -0.2) is 25.4 Å². The number of para-hydroxylation sites is 1. The van der Waals surface area contributed by atoms with Gasteiger partial charge in [-0.3, -0.25) is 0 Å². The third-order valence-electron chi connectivity index (χ3n) is 4.11. The number of ether oxygens (including phenoxy) is 2. The van der Waals surface area contributed by atoms with Gasteiger partial charge in [-0.2, -0.15) is 0 Å². The largest absolute Gasteiger partial charge is 0.493 e. The van der Waals surface area contributed by atoms with E-state index in [0.29, 0.717) is 12.5 Å². The minimum Gasteiger partial charge on any atom is -0.493 e. The Balaban J connectivity index is 1.53. The summed E-state index contributed by atoms with van der Waals surface area (Å²) < 4.78 is 11.5. The Morgan fingerprint density at radius 1 is 1.28 bits per heavy atom. The first-order valence-corrected chi connectivity index (χ1v) is 6.85. The number of nitrogens with two attached hydrogens (primary N) is 1. The van der Waals surface area contributed by atoms with Gasteiger partial charge in [0.15, 0.2) is 0 Å². The second kappa shape index (κ2) is 4.90. The fourth-order valence-corrected chi connectivity index (χ4v) is 3.00. The van der Waals surface area contributed by atoms with Crippen LogP contribution in [0.4, 0.5) is 0 Å². The molecule has 1 aromatic carbocycles. The van der Waals surface area contributed by atoms with Crippen LogP contribution in [0.15, 0.2) is 24.3 Å². The lowest BCUT2D eigenvalue weighted by atomic mass is 10.00. The summed E-state index contributed by atoms with van der Waals surface area (Å²) in [6.07, 6.45) is 4.69. The molecule has 3 nitrogen and oxygen atoms in total. The van der Waals surface area contributed by atoms with Gasteiger partial charge in [0.2, 0.25) is 0 Å². The van der Waals surface area contributed by atoms with Crippen LogP contribution in [0, 0.1) is 0 Å². The van der Waals surface area contributed by atoms with Gasteiger partial charge in [-0.05, 0) is 18.9 Å². The Kier molecular flexibility index (Phi) is 3.27. The lowest BCUT2D eigenvalue weighted by molar-refractivity contribution is 0.0721. The standard InChI is InChI=1S/C15H21NO2/c16-15(7-3-4-8-15)11-17-9-12-10-18-14-6-2-1-5-13(12)14/h1-2,5-6,12H,3-4,7-11,16H2. The minimum absolute atomic E-state index is 0.0705. The molecule has 1 heterocycles. The highest BCUT2D eigenvalue weighted by Gasteiger charge is 2.30. The molecule has 2 N–H and O–H groups in total. The molecule has 0 amide bonds. The van der Waals surface area contributed by atoms with Gasteiger partial charge >= 0.3 is 0 Å². The molecule has 0 bridgehead atoms. The Morgan fingerprint density at radius 2 is 2.06 bits per heavy atom. The lowest BCUT2D eigenvalue weighted by Crippen LogP contribution is -2.41. The summed E-state index contributed by atoms with van der Waals surface area (Å²) in [7, 11) is 0. The van der Waals surface area contributed by atoms with E-state index in [0.717, 1.165) is 31.8 Å².